The van der Waals surface area contributed by atoms with E-state index in [0.717, 1.165) is 0 Å². The fourth-order valence-corrected chi connectivity index (χ4v) is 2.74. The molecule has 1 aromatic carbocycles. The van der Waals surface area contributed by atoms with Gasteiger partial charge in [-0.15, -0.1) is 0 Å². The third kappa shape index (κ3) is 4.95. The highest BCUT2D eigenvalue weighted by atomic mass is 32.1. The summed E-state index contributed by atoms with van der Waals surface area (Å²) in [6.45, 7) is 6.50. The van der Waals surface area contributed by atoms with Gasteiger partial charge in [-0.25, -0.2) is 9.18 Å². The molecule has 1 fully saturated rings. The van der Waals surface area contributed by atoms with E-state index in [1.165, 1.54) is 6.07 Å². The number of ether oxygens (including phenoxy) is 1. The van der Waals surface area contributed by atoms with Crippen molar-refractivity contribution in [2.75, 3.05) is 23.3 Å². The molecular formula is C16H23FN4O2S. The number of halogens is 1. The van der Waals surface area contributed by atoms with Crippen LogP contribution in [0.1, 0.15) is 27.2 Å². The Kier molecular flexibility index (Phi) is 5.48. The molecule has 0 radical (unpaired) electrons. The zero-order valence-electron chi connectivity index (χ0n) is 14.1. The third-order valence-electron chi connectivity index (χ3n) is 3.47. The van der Waals surface area contributed by atoms with Gasteiger partial charge in [0.15, 0.2) is 5.11 Å². The molecule has 1 aliphatic heterocycles. The van der Waals surface area contributed by atoms with Crippen molar-refractivity contribution in [2.24, 2.45) is 5.73 Å². The van der Waals surface area contributed by atoms with Gasteiger partial charge in [-0.3, -0.25) is 0 Å². The van der Waals surface area contributed by atoms with E-state index in [0.29, 0.717) is 30.9 Å². The van der Waals surface area contributed by atoms with Crippen molar-refractivity contribution >= 4 is 34.8 Å². The summed E-state index contributed by atoms with van der Waals surface area (Å²) in [5, 5.41) is 5.69. The van der Waals surface area contributed by atoms with E-state index < -0.39 is 11.7 Å². The van der Waals surface area contributed by atoms with Crippen LogP contribution in [0.2, 0.25) is 0 Å². The lowest BCUT2D eigenvalue weighted by atomic mass is 10.2. The van der Waals surface area contributed by atoms with Gasteiger partial charge in [-0.2, -0.15) is 0 Å². The summed E-state index contributed by atoms with van der Waals surface area (Å²) >= 11 is 4.84. The molecule has 4 N–H and O–H groups in total. The first-order valence-corrected chi connectivity index (χ1v) is 8.16. The number of anilines is 2. The molecule has 1 saturated heterocycles. The number of hydrogen-bond donors (Lipinski definition) is 3. The Bertz CT molecular complexity index is 633. The molecule has 0 spiro atoms. The van der Waals surface area contributed by atoms with Gasteiger partial charge in [0.2, 0.25) is 0 Å². The molecule has 0 aromatic heterocycles. The molecule has 24 heavy (non-hydrogen) atoms. The fourth-order valence-electron chi connectivity index (χ4n) is 2.63. The number of rotatable bonds is 3. The summed E-state index contributed by atoms with van der Waals surface area (Å²) in [6.07, 6.45) is 0.226. The van der Waals surface area contributed by atoms with Gasteiger partial charge < -0.3 is 26.0 Å². The number of nitrogens with two attached hydrogens (primary N) is 1. The van der Waals surface area contributed by atoms with Crippen LogP contribution >= 0.6 is 12.2 Å². The number of alkyl carbamates (subject to hydrolysis) is 1. The van der Waals surface area contributed by atoms with Crippen molar-refractivity contribution < 1.29 is 13.9 Å². The van der Waals surface area contributed by atoms with Gasteiger partial charge in [-0.1, -0.05) is 6.07 Å². The zero-order valence-corrected chi connectivity index (χ0v) is 14.9. The normalized spacial score (nSPS) is 17.5. The summed E-state index contributed by atoms with van der Waals surface area (Å²) in [4.78, 5) is 13.7. The van der Waals surface area contributed by atoms with Crippen molar-refractivity contribution in [3.8, 4) is 0 Å². The smallest absolute Gasteiger partial charge is 0.407 e. The molecule has 2 rings (SSSR count). The Morgan fingerprint density at radius 3 is 2.79 bits per heavy atom. The number of amides is 1. The summed E-state index contributed by atoms with van der Waals surface area (Å²) < 4.78 is 19.5. The number of carbonyl (C=O) groups is 1. The number of thiocarbonyl (C=S) groups is 1. The molecular weight excluding hydrogens is 331 g/mol. The number of nitrogens with one attached hydrogen (secondary N) is 2. The third-order valence-corrected chi connectivity index (χ3v) is 3.57. The van der Waals surface area contributed by atoms with Crippen LogP contribution < -0.4 is 21.3 Å². The van der Waals surface area contributed by atoms with E-state index in [1.54, 1.807) is 32.9 Å². The maximum atomic E-state index is 14.3. The maximum absolute atomic E-state index is 14.3. The summed E-state index contributed by atoms with van der Waals surface area (Å²) in [7, 11) is 0. The van der Waals surface area contributed by atoms with E-state index in [9.17, 15) is 9.18 Å². The topological polar surface area (TPSA) is 79.6 Å². The standard InChI is InChI=1S/C16H23FN4O2S/c1-16(2,3)23-15(22)19-10-7-8-21(9-10)13-11(17)5-4-6-12(13)20-14(18)24/h4-6,10H,7-9H2,1-3H3,(H,19,22)(H3,18,20,24). The van der Waals surface area contributed by atoms with Crippen LogP contribution in [0.25, 0.3) is 0 Å². The first kappa shape index (κ1) is 18.3. The van der Waals surface area contributed by atoms with Crippen LogP contribution in [0, 0.1) is 5.82 Å². The minimum Gasteiger partial charge on any atom is -0.444 e. The van der Waals surface area contributed by atoms with E-state index >= 15 is 0 Å². The summed E-state index contributed by atoms with van der Waals surface area (Å²) in [5.41, 5.74) is 5.86. The lowest BCUT2D eigenvalue weighted by Crippen LogP contribution is -2.40. The molecule has 0 saturated carbocycles. The molecule has 1 heterocycles. The van der Waals surface area contributed by atoms with Crippen LogP contribution in [-0.4, -0.2) is 35.9 Å². The van der Waals surface area contributed by atoms with Crippen molar-refractivity contribution in [3.63, 3.8) is 0 Å². The minimum atomic E-state index is -0.554. The molecule has 0 aliphatic carbocycles. The average Bonchev–Trinajstić information content (AvgIpc) is 2.83. The van der Waals surface area contributed by atoms with E-state index in [1.807, 2.05) is 4.90 Å². The molecule has 1 unspecified atom stereocenters. The highest BCUT2D eigenvalue weighted by Gasteiger charge is 2.29. The van der Waals surface area contributed by atoms with Crippen LogP contribution in [0.5, 0.6) is 0 Å². The van der Waals surface area contributed by atoms with E-state index in [2.05, 4.69) is 10.6 Å². The quantitative estimate of drug-likeness (QED) is 0.724. The van der Waals surface area contributed by atoms with Gasteiger partial charge in [0.05, 0.1) is 17.4 Å². The predicted octanol–water partition coefficient (Wildman–Crippen LogP) is 2.58. The molecule has 1 aromatic rings. The highest BCUT2D eigenvalue weighted by Crippen LogP contribution is 2.31. The molecule has 1 atom stereocenters. The molecule has 1 amide bonds. The van der Waals surface area contributed by atoms with Crippen molar-refractivity contribution in [3.05, 3.63) is 24.0 Å². The number of carbonyl (C=O) groups excluding carboxylic acids is 1. The second kappa shape index (κ2) is 7.21. The van der Waals surface area contributed by atoms with Crippen LogP contribution in [0.15, 0.2) is 18.2 Å². The fraction of sp³-hybridized carbons (Fsp3) is 0.500. The Morgan fingerprint density at radius 1 is 1.46 bits per heavy atom. The second-order valence-corrected chi connectivity index (χ2v) is 7.14. The number of benzene rings is 1. The Balaban J connectivity index is 2.06. The van der Waals surface area contributed by atoms with Gasteiger partial charge >= 0.3 is 6.09 Å². The molecule has 8 heteroatoms. The van der Waals surface area contributed by atoms with Gasteiger partial charge in [-0.05, 0) is 51.5 Å². The molecule has 0 bridgehead atoms. The molecule has 6 nitrogen and oxygen atoms in total. The van der Waals surface area contributed by atoms with Crippen LogP contribution in [0.4, 0.5) is 20.6 Å². The minimum absolute atomic E-state index is 0.0736. The summed E-state index contributed by atoms with van der Waals surface area (Å²) in [6, 6.07) is 4.57. The van der Waals surface area contributed by atoms with Crippen LogP contribution in [-0.2, 0) is 4.74 Å². The Hall–Kier alpha value is -2.09. The SMILES string of the molecule is CC(C)(C)OC(=O)NC1CCN(c2c(F)cccc2NC(N)=S)C1. The zero-order chi connectivity index (χ0) is 17.9. The average molecular weight is 354 g/mol. The van der Waals surface area contributed by atoms with Gasteiger partial charge in [0.1, 0.15) is 11.4 Å². The maximum Gasteiger partial charge on any atom is 0.407 e. The second-order valence-electron chi connectivity index (χ2n) is 6.70. The largest absolute Gasteiger partial charge is 0.444 e. The van der Waals surface area contributed by atoms with Crippen molar-refractivity contribution in [1.29, 1.82) is 0 Å². The predicted molar refractivity (Wildman–Crippen MR) is 96.8 cm³/mol. The van der Waals surface area contributed by atoms with Crippen LogP contribution in [0.3, 0.4) is 0 Å². The Labute approximate surface area is 146 Å². The summed E-state index contributed by atoms with van der Waals surface area (Å²) in [5.74, 6) is -0.367. The van der Waals surface area contributed by atoms with Crippen molar-refractivity contribution in [1.82, 2.24) is 5.32 Å². The Morgan fingerprint density at radius 2 is 2.17 bits per heavy atom. The lowest BCUT2D eigenvalue weighted by Gasteiger charge is -2.24. The first-order valence-electron chi connectivity index (χ1n) is 7.75. The highest BCUT2D eigenvalue weighted by molar-refractivity contribution is 7.80. The number of hydrogen-bond acceptors (Lipinski definition) is 4. The number of nitrogens with zero attached hydrogens (tertiary/aromatic N) is 1. The first-order chi connectivity index (χ1) is 11.2. The van der Waals surface area contributed by atoms with E-state index in [4.69, 9.17) is 22.7 Å². The monoisotopic (exact) mass is 354 g/mol. The molecule has 132 valence electrons. The van der Waals surface area contributed by atoms with E-state index in [-0.39, 0.29) is 17.0 Å². The lowest BCUT2D eigenvalue weighted by molar-refractivity contribution is 0.0509. The number of para-hydroxylation sites is 1. The van der Waals surface area contributed by atoms with Gasteiger partial charge in [0.25, 0.3) is 0 Å². The van der Waals surface area contributed by atoms with Crippen molar-refractivity contribution in [2.45, 2.75) is 38.8 Å². The molecule has 1 aliphatic rings. The van der Waals surface area contributed by atoms with Gasteiger partial charge in [0, 0.05) is 13.1 Å².